The largest absolute Gasteiger partial charge is 0.444 e. The molecule has 0 aromatic rings. The van der Waals surface area contributed by atoms with Crippen molar-refractivity contribution in [3.05, 3.63) is 0 Å². The minimum absolute atomic E-state index is 0.104. The standard InChI is InChI=1S/C14H26N2O4/c1-11-10-16(8-9-19-11)12(17)6-5-7-15-13(18)20-14(2,3)4/h11H,5-10H2,1-4H3,(H,15,18). The fraction of sp³-hybridized carbons (Fsp3) is 0.857. The van der Waals surface area contributed by atoms with E-state index in [4.69, 9.17) is 9.47 Å². The Morgan fingerprint density at radius 1 is 1.40 bits per heavy atom. The third kappa shape index (κ3) is 6.75. The van der Waals surface area contributed by atoms with E-state index in [1.165, 1.54) is 0 Å². The molecule has 116 valence electrons. The van der Waals surface area contributed by atoms with Crippen LogP contribution in [0.5, 0.6) is 0 Å². The number of carbonyl (C=O) groups excluding carboxylic acids is 2. The molecule has 0 aromatic carbocycles. The summed E-state index contributed by atoms with van der Waals surface area (Å²) < 4.78 is 10.5. The number of rotatable bonds is 4. The van der Waals surface area contributed by atoms with Crippen LogP contribution < -0.4 is 5.32 Å². The first-order valence-corrected chi connectivity index (χ1v) is 7.14. The molecule has 1 rings (SSSR count). The van der Waals surface area contributed by atoms with E-state index >= 15 is 0 Å². The van der Waals surface area contributed by atoms with Crippen molar-refractivity contribution in [3.8, 4) is 0 Å². The van der Waals surface area contributed by atoms with Crippen molar-refractivity contribution in [2.45, 2.75) is 52.2 Å². The lowest BCUT2D eigenvalue weighted by molar-refractivity contribution is -0.138. The van der Waals surface area contributed by atoms with Gasteiger partial charge in [0.2, 0.25) is 5.91 Å². The van der Waals surface area contributed by atoms with Gasteiger partial charge in [0, 0.05) is 26.1 Å². The molecule has 20 heavy (non-hydrogen) atoms. The van der Waals surface area contributed by atoms with E-state index in [-0.39, 0.29) is 12.0 Å². The molecule has 6 heteroatoms. The molecule has 1 N–H and O–H groups in total. The molecule has 1 heterocycles. The number of amides is 2. The topological polar surface area (TPSA) is 67.9 Å². The number of carbonyl (C=O) groups is 2. The average molecular weight is 286 g/mol. The van der Waals surface area contributed by atoms with Gasteiger partial charge in [-0.1, -0.05) is 0 Å². The minimum Gasteiger partial charge on any atom is -0.444 e. The Labute approximate surface area is 120 Å². The number of morpholine rings is 1. The Kier molecular flexibility index (Phi) is 6.26. The Morgan fingerprint density at radius 3 is 2.70 bits per heavy atom. The molecule has 6 nitrogen and oxygen atoms in total. The Hall–Kier alpha value is -1.30. The minimum atomic E-state index is -0.496. The van der Waals surface area contributed by atoms with Gasteiger partial charge in [-0.2, -0.15) is 0 Å². The van der Waals surface area contributed by atoms with E-state index in [2.05, 4.69) is 5.32 Å². The maximum absolute atomic E-state index is 11.9. The van der Waals surface area contributed by atoms with Crippen molar-refractivity contribution < 1.29 is 19.1 Å². The van der Waals surface area contributed by atoms with Crippen LogP contribution in [0.1, 0.15) is 40.5 Å². The highest BCUT2D eigenvalue weighted by molar-refractivity contribution is 5.76. The summed E-state index contributed by atoms with van der Waals surface area (Å²) in [6.07, 6.45) is 0.712. The number of hydrogen-bond donors (Lipinski definition) is 1. The first kappa shape index (κ1) is 16.8. The second-order valence-corrected chi connectivity index (χ2v) is 6.05. The summed E-state index contributed by atoms with van der Waals surface area (Å²) in [5, 5.41) is 2.65. The van der Waals surface area contributed by atoms with E-state index in [0.29, 0.717) is 39.1 Å². The van der Waals surface area contributed by atoms with Crippen LogP contribution in [0, 0.1) is 0 Å². The van der Waals surface area contributed by atoms with Crippen LogP contribution in [-0.2, 0) is 14.3 Å². The summed E-state index contributed by atoms with van der Waals surface area (Å²) in [7, 11) is 0. The predicted molar refractivity (Wildman–Crippen MR) is 75.5 cm³/mol. The zero-order valence-electron chi connectivity index (χ0n) is 12.9. The SMILES string of the molecule is CC1CN(C(=O)CCCNC(=O)OC(C)(C)C)CCO1. The van der Waals surface area contributed by atoms with Crippen LogP contribution in [0.3, 0.4) is 0 Å². The molecule has 0 aliphatic carbocycles. The van der Waals surface area contributed by atoms with E-state index < -0.39 is 11.7 Å². The molecule has 1 aliphatic heterocycles. The first-order chi connectivity index (χ1) is 9.28. The van der Waals surface area contributed by atoms with Crippen molar-refractivity contribution in [2.24, 2.45) is 0 Å². The average Bonchev–Trinajstić information content (AvgIpc) is 2.32. The van der Waals surface area contributed by atoms with Crippen molar-refractivity contribution in [1.82, 2.24) is 10.2 Å². The van der Waals surface area contributed by atoms with E-state index in [0.717, 1.165) is 0 Å². The van der Waals surface area contributed by atoms with Gasteiger partial charge in [-0.25, -0.2) is 4.79 Å². The van der Waals surface area contributed by atoms with Gasteiger partial charge in [0.25, 0.3) is 0 Å². The van der Waals surface area contributed by atoms with Gasteiger partial charge >= 0.3 is 6.09 Å². The third-order valence-electron chi connectivity index (χ3n) is 2.83. The molecular weight excluding hydrogens is 260 g/mol. The van der Waals surface area contributed by atoms with Crippen molar-refractivity contribution in [1.29, 1.82) is 0 Å². The highest BCUT2D eigenvalue weighted by Gasteiger charge is 2.21. The highest BCUT2D eigenvalue weighted by Crippen LogP contribution is 2.08. The van der Waals surface area contributed by atoms with Crippen LogP contribution >= 0.6 is 0 Å². The molecule has 0 radical (unpaired) electrons. The van der Waals surface area contributed by atoms with E-state index in [1.54, 1.807) is 0 Å². The maximum Gasteiger partial charge on any atom is 0.407 e. The second kappa shape index (κ2) is 7.47. The van der Waals surface area contributed by atoms with Gasteiger partial charge in [-0.15, -0.1) is 0 Å². The maximum atomic E-state index is 11.9. The van der Waals surface area contributed by atoms with Gasteiger partial charge in [0.05, 0.1) is 12.7 Å². The lowest BCUT2D eigenvalue weighted by Crippen LogP contribution is -2.44. The zero-order valence-corrected chi connectivity index (χ0v) is 12.9. The molecule has 1 atom stereocenters. The third-order valence-corrected chi connectivity index (χ3v) is 2.83. The van der Waals surface area contributed by atoms with Crippen LogP contribution in [-0.4, -0.2) is 54.8 Å². The number of nitrogens with one attached hydrogen (secondary N) is 1. The molecule has 1 saturated heterocycles. The smallest absolute Gasteiger partial charge is 0.407 e. The first-order valence-electron chi connectivity index (χ1n) is 7.14. The summed E-state index contributed by atoms with van der Waals surface area (Å²) in [4.78, 5) is 25.2. The molecule has 1 unspecified atom stereocenters. The molecule has 0 saturated carbocycles. The summed E-state index contributed by atoms with van der Waals surface area (Å²) in [6.45, 7) is 9.76. The molecule has 1 fully saturated rings. The summed E-state index contributed by atoms with van der Waals surface area (Å²) in [5.74, 6) is 0.117. The summed E-state index contributed by atoms with van der Waals surface area (Å²) >= 11 is 0. The van der Waals surface area contributed by atoms with Crippen molar-refractivity contribution in [2.75, 3.05) is 26.2 Å². The van der Waals surface area contributed by atoms with Gasteiger partial charge < -0.3 is 19.7 Å². The number of ether oxygens (including phenoxy) is 2. The summed E-state index contributed by atoms with van der Waals surface area (Å²) in [5.41, 5.74) is -0.496. The molecular formula is C14H26N2O4. The number of nitrogens with zero attached hydrogens (tertiary/aromatic N) is 1. The van der Waals surface area contributed by atoms with Crippen LogP contribution in [0.15, 0.2) is 0 Å². The van der Waals surface area contributed by atoms with Crippen LogP contribution in [0.25, 0.3) is 0 Å². The zero-order chi connectivity index (χ0) is 15.2. The second-order valence-electron chi connectivity index (χ2n) is 6.05. The Balaban J connectivity index is 2.14. The number of alkyl carbamates (subject to hydrolysis) is 1. The molecule has 2 amide bonds. The molecule has 0 spiro atoms. The monoisotopic (exact) mass is 286 g/mol. The lowest BCUT2D eigenvalue weighted by Gasteiger charge is -2.31. The Bertz CT molecular complexity index is 339. The van der Waals surface area contributed by atoms with Crippen LogP contribution in [0.2, 0.25) is 0 Å². The van der Waals surface area contributed by atoms with Crippen molar-refractivity contribution in [3.63, 3.8) is 0 Å². The van der Waals surface area contributed by atoms with Gasteiger partial charge in [-0.3, -0.25) is 4.79 Å². The quantitative estimate of drug-likeness (QED) is 0.796. The molecule has 0 aromatic heterocycles. The molecule has 1 aliphatic rings. The molecule has 0 bridgehead atoms. The van der Waals surface area contributed by atoms with Gasteiger partial charge in [-0.05, 0) is 34.1 Å². The predicted octanol–water partition coefficient (Wildman–Crippen LogP) is 1.54. The normalized spacial score (nSPS) is 19.6. The van der Waals surface area contributed by atoms with Crippen molar-refractivity contribution >= 4 is 12.0 Å². The Morgan fingerprint density at radius 2 is 2.10 bits per heavy atom. The fourth-order valence-corrected chi connectivity index (χ4v) is 1.95. The lowest BCUT2D eigenvalue weighted by atomic mass is 10.2. The van der Waals surface area contributed by atoms with Gasteiger partial charge in [0.1, 0.15) is 5.60 Å². The van der Waals surface area contributed by atoms with E-state index in [1.807, 2.05) is 32.6 Å². The summed E-state index contributed by atoms with van der Waals surface area (Å²) in [6, 6.07) is 0. The van der Waals surface area contributed by atoms with Gasteiger partial charge in [0.15, 0.2) is 0 Å². The van der Waals surface area contributed by atoms with E-state index in [9.17, 15) is 9.59 Å². The number of hydrogen-bond acceptors (Lipinski definition) is 4. The van der Waals surface area contributed by atoms with Crippen LogP contribution in [0.4, 0.5) is 4.79 Å². The highest BCUT2D eigenvalue weighted by atomic mass is 16.6. The fourth-order valence-electron chi connectivity index (χ4n) is 1.95.